The number of carbonyl (C=O) groups is 2. The molecule has 0 spiro atoms. The average molecular weight is 325 g/mol. The molecule has 1 unspecified atom stereocenters. The van der Waals surface area contributed by atoms with E-state index in [1.165, 1.54) is 0 Å². The normalized spacial score (nSPS) is 18.7. The molecule has 23 heavy (non-hydrogen) atoms. The van der Waals surface area contributed by atoms with Crippen LogP contribution in [0.25, 0.3) is 0 Å². The first kappa shape index (κ1) is 19.5. The minimum atomic E-state index is -0.989. The lowest BCUT2D eigenvalue weighted by molar-refractivity contribution is -0.143. The molecule has 1 aliphatic rings. The van der Waals surface area contributed by atoms with E-state index in [1.54, 1.807) is 0 Å². The van der Waals surface area contributed by atoms with Gasteiger partial charge in [0.2, 0.25) is 0 Å². The zero-order valence-corrected chi connectivity index (χ0v) is 14.7. The molecule has 0 aromatic heterocycles. The average Bonchev–Trinajstić information content (AvgIpc) is 2.49. The number of hydrogen-bond donors (Lipinski definition) is 2. The highest BCUT2D eigenvalue weighted by molar-refractivity contribution is 5.80. The SMILES string of the molecule is C=CCCC(C)(C)COC(=O)NC(C(=O)O)C1(C)CCCCC1. The Morgan fingerprint density at radius 1 is 1.35 bits per heavy atom. The molecule has 1 aliphatic carbocycles. The molecule has 2 N–H and O–H groups in total. The number of alkyl carbamates (subject to hydrolysis) is 1. The van der Waals surface area contributed by atoms with Crippen molar-refractivity contribution in [3.05, 3.63) is 12.7 Å². The molecule has 0 aromatic rings. The highest BCUT2D eigenvalue weighted by atomic mass is 16.5. The fourth-order valence-electron chi connectivity index (χ4n) is 3.17. The third kappa shape index (κ3) is 6.24. The number of nitrogens with one attached hydrogen (secondary N) is 1. The first-order chi connectivity index (χ1) is 10.7. The Hall–Kier alpha value is -1.52. The zero-order valence-electron chi connectivity index (χ0n) is 14.7. The number of carboxylic acid groups (broad SMARTS) is 1. The second-order valence-electron chi connectivity index (χ2n) is 7.70. The van der Waals surface area contributed by atoms with Crippen molar-refractivity contribution >= 4 is 12.1 Å². The van der Waals surface area contributed by atoms with Crippen LogP contribution in [0.1, 0.15) is 65.7 Å². The van der Waals surface area contributed by atoms with E-state index in [4.69, 9.17) is 4.74 Å². The Labute approximate surface area is 139 Å². The molecule has 0 aliphatic heterocycles. The van der Waals surface area contributed by atoms with Crippen LogP contribution < -0.4 is 5.32 Å². The van der Waals surface area contributed by atoms with E-state index >= 15 is 0 Å². The van der Waals surface area contributed by atoms with Crippen molar-refractivity contribution in [2.45, 2.75) is 71.8 Å². The summed E-state index contributed by atoms with van der Waals surface area (Å²) in [5, 5.41) is 12.1. The summed E-state index contributed by atoms with van der Waals surface area (Å²) in [6.45, 7) is 9.92. The molecule has 0 radical (unpaired) electrons. The summed E-state index contributed by atoms with van der Waals surface area (Å²) in [7, 11) is 0. The van der Waals surface area contributed by atoms with Crippen molar-refractivity contribution in [3.8, 4) is 0 Å². The van der Waals surface area contributed by atoms with E-state index in [-0.39, 0.29) is 12.0 Å². The molecule has 0 bridgehead atoms. The molecule has 1 atom stereocenters. The molecule has 0 saturated heterocycles. The van der Waals surface area contributed by atoms with Crippen LogP contribution in [-0.4, -0.2) is 29.8 Å². The van der Waals surface area contributed by atoms with Crippen LogP contribution in [-0.2, 0) is 9.53 Å². The summed E-state index contributed by atoms with van der Waals surface area (Å²) in [5.41, 5.74) is -0.555. The first-order valence-corrected chi connectivity index (χ1v) is 8.47. The topological polar surface area (TPSA) is 75.6 Å². The van der Waals surface area contributed by atoms with Crippen LogP contribution in [0, 0.1) is 10.8 Å². The van der Waals surface area contributed by atoms with Crippen LogP contribution in [0.4, 0.5) is 4.79 Å². The van der Waals surface area contributed by atoms with Crippen molar-refractivity contribution in [2.24, 2.45) is 10.8 Å². The van der Waals surface area contributed by atoms with Crippen LogP contribution in [0.15, 0.2) is 12.7 Å². The standard InChI is InChI=1S/C18H31NO4/c1-5-6-10-17(2,3)13-23-16(22)19-14(15(20)21)18(4)11-8-7-9-12-18/h5,14H,1,6-13H2,2-4H3,(H,19,22)(H,20,21). The molecule has 1 amide bonds. The fraction of sp³-hybridized carbons (Fsp3) is 0.778. The fourth-order valence-corrected chi connectivity index (χ4v) is 3.17. The summed E-state index contributed by atoms with van der Waals surface area (Å²) in [6.07, 6.45) is 7.69. The number of allylic oxidation sites excluding steroid dienone is 1. The molecule has 0 aromatic carbocycles. The Morgan fingerprint density at radius 2 is 1.96 bits per heavy atom. The maximum Gasteiger partial charge on any atom is 0.407 e. The van der Waals surface area contributed by atoms with Gasteiger partial charge >= 0.3 is 12.1 Å². The summed E-state index contributed by atoms with van der Waals surface area (Å²) in [4.78, 5) is 23.6. The van der Waals surface area contributed by atoms with Crippen molar-refractivity contribution in [2.75, 3.05) is 6.61 Å². The van der Waals surface area contributed by atoms with Crippen molar-refractivity contribution in [3.63, 3.8) is 0 Å². The zero-order chi connectivity index (χ0) is 17.5. The smallest absolute Gasteiger partial charge is 0.407 e. The lowest BCUT2D eigenvalue weighted by Gasteiger charge is -2.38. The Kier molecular flexibility index (Phi) is 7.10. The third-order valence-corrected chi connectivity index (χ3v) is 4.82. The van der Waals surface area contributed by atoms with Crippen molar-refractivity contribution < 1.29 is 19.4 Å². The van der Waals surface area contributed by atoms with E-state index in [9.17, 15) is 14.7 Å². The predicted molar refractivity (Wildman–Crippen MR) is 90.3 cm³/mol. The molecule has 1 fully saturated rings. The monoisotopic (exact) mass is 325 g/mol. The molecule has 5 heteroatoms. The quantitative estimate of drug-likeness (QED) is 0.658. The van der Waals surface area contributed by atoms with Gasteiger partial charge in [-0.3, -0.25) is 0 Å². The summed E-state index contributed by atoms with van der Waals surface area (Å²) in [6, 6.07) is -0.897. The molecular formula is C18H31NO4. The largest absolute Gasteiger partial charge is 0.480 e. The van der Waals surface area contributed by atoms with Gasteiger partial charge in [-0.25, -0.2) is 9.59 Å². The lowest BCUT2D eigenvalue weighted by Crippen LogP contribution is -2.52. The Bertz CT molecular complexity index is 425. The van der Waals surface area contributed by atoms with Crippen LogP contribution in [0.2, 0.25) is 0 Å². The molecule has 1 saturated carbocycles. The molecule has 5 nitrogen and oxygen atoms in total. The van der Waals surface area contributed by atoms with Gasteiger partial charge in [0.1, 0.15) is 6.04 Å². The highest BCUT2D eigenvalue weighted by Gasteiger charge is 2.41. The number of amides is 1. The second-order valence-corrected chi connectivity index (χ2v) is 7.70. The number of ether oxygens (including phenoxy) is 1. The van der Waals surface area contributed by atoms with E-state index in [0.29, 0.717) is 0 Å². The number of carboxylic acids is 1. The van der Waals surface area contributed by atoms with Gasteiger partial charge in [-0.2, -0.15) is 0 Å². The van der Waals surface area contributed by atoms with Crippen molar-refractivity contribution in [1.82, 2.24) is 5.32 Å². The number of carbonyl (C=O) groups excluding carboxylic acids is 1. The molecule has 132 valence electrons. The van der Waals surface area contributed by atoms with Gasteiger partial charge in [0.15, 0.2) is 0 Å². The minimum Gasteiger partial charge on any atom is -0.480 e. The molecular weight excluding hydrogens is 294 g/mol. The summed E-state index contributed by atoms with van der Waals surface area (Å²) >= 11 is 0. The first-order valence-electron chi connectivity index (χ1n) is 8.47. The minimum absolute atomic E-state index is 0.154. The van der Waals surface area contributed by atoms with Gasteiger partial charge < -0.3 is 15.2 Å². The van der Waals surface area contributed by atoms with E-state index < -0.39 is 23.5 Å². The lowest BCUT2D eigenvalue weighted by atomic mass is 9.70. The highest BCUT2D eigenvalue weighted by Crippen LogP contribution is 2.39. The number of rotatable bonds is 8. The maximum atomic E-state index is 12.0. The molecule has 0 heterocycles. The molecule has 1 rings (SSSR count). The van der Waals surface area contributed by atoms with Crippen LogP contribution in [0.5, 0.6) is 0 Å². The second kappa shape index (κ2) is 8.37. The van der Waals surface area contributed by atoms with E-state index in [0.717, 1.165) is 44.9 Å². The van der Waals surface area contributed by atoms with Gasteiger partial charge in [-0.1, -0.05) is 46.1 Å². The van der Waals surface area contributed by atoms with Crippen molar-refractivity contribution in [1.29, 1.82) is 0 Å². The Morgan fingerprint density at radius 3 is 2.48 bits per heavy atom. The van der Waals surface area contributed by atoms with Crippen LogP contribution in [0.3, 0.4) is 0 Å². The Balaban J connectivity index is 2.58. The van der Waals surface area contributed by atoms with Gasteiger partial charge in [0.05, 0.1) is 6.61 Å². The number of aliphatic carboxylic acids is 1. The van der Waals surface area contributed by atoms with Gasteiger partial charge in [-0.05, 0) is 36.5 Å². The predicted octanol–water partition coefficient (Wildman–Crippen LogP) is 4.13. The van der Waals surface area contributed by atoms with Gasteiger partial charge in [0.25, 0.3) is 0 Å². The third-order valence-electron chi connectivity index (χ3n) is 4.82. The summed E-state index contributed by atoms with van der Waals surface area (Å²) in [5.74, 6) is -0.989. The maximum absolute atomic E-state index is 12.0. The van der Waals surface area contributed by atoms with Gasteiger partial charge in [0, 0.05) is 0 Å². The summed E-state index contributed by atoms with van der Waals surface area (Å²) < 4.78 is 5.27. The van der Waals surface area contributed by atoms with Gasteiger partial charge in [-0.15, -0.1) is 6.58 Å². The van der Waals surface area contributed by atoms with E-state index in [2.05, 4.69) is 11.9 Å². The number of hydrogen-bond acceptors (Lipinski definition) is 3. The van der Waals surface area contributed by atoms with Crippen LogP contribution >= 0.6 is 0 Å². The van der Waals surface area contributed by atoms with E-state index in [1.807, 2.05) is 26.8 Å².